The first-order chi connectivity index (χ1) is 10.2. The molecule has 22 heavy (non-hydrogen) atoms. The maximum atomic E-state index is 12.7. The van der Waals surface area contributed by atoms with Crippen molar-refractivity contribution in [2.45, 2.75) is 25.4 Å². The molecule has 1 aliphatic rings. The summed E-state index contributed by atoms with van der Waals surface area (Å²) in [5.41, 5.74) is 0. The van der Waals surface area contributed by atoms with Crippen molar-refractivity contribution in [2.24, 2.45) is 0 Å². The molecule has 0 N–H and O–H groups in total. The molecule has 2 aromatic rings. The first-order valence-corrected chi connectivity index (χ1v) is 6.63. The second kappa shape index (κ2) is 4.79. The van der Waals surface area contributed by atoms with E-state index in [1.807, 2.05) is 0 Å². The van der Waals surface area contributed by atoms with Crippen molar-refractivity contribution in [3.8, 4) is 0 Å². The molecular weight excluding hydrogens is 338 g/mol. The lowest BCUT2D eigenvalue weighted by atomic mass is 10.3. The van der Waals surface area contributed by atoms with Crippen molar-refractivity contribution in [1.82, 2.24) is 25.0 Å². The Morgan fingerprint density at radius 1 is 0.864 bits per heavy atom. The first kappa shape index (κ1) is 15.0. The van der Waals surface area contributed by atoms with Crippen LogP contribution in [0.25, 0.3) is 0 Å². The fraction of sp³-hybridized carbons (Fsp3) is 0.556. The number of halogens is 6. The summed E-state index contributed by atoms with van der Waals surface area (Å²) in [6.07, 6.45) is -9.23. The van der Waals surface area contributed by atoms with Gasteiger partial charge in [-0.05, 0) is 0 Å². The third kappa shape index (κ3) is 2.60. The predicted molar refractivity (Wildman–Crippen MR) is 61.0 cm³/mol. The van der Waals surface area contributed by atoms with Crippen LogP contribution in [0.1, 0.15) is 16.7 Å². The van der Waals surface area contributed by atoms with Crippen molar-refractivity contribution in [3.05, 3.63) is 16.7 Å². The average molecular weight is 344 g/mol. The van der Waals surface area contributed by atoms with E-state index in [1.165, 1.54) is 4.90 Å². The van der Waals surface area contributed by atoms with E-state index < -0.39 is 23.2 Å². The van der Waals surface area contributed by atoms with Gasteiger partial charge in [0.15, 0.2) is 5.82 Å². The van der Waals surface area contributed by atoms with E-state index in [9.17, 15) is 26.3 Å². The lowest BCUT2D eigenvalue weighted by Gasteiger charge is -2.27. The summed E-state index contributed by atoms with van der Waals surface area (Å²) in [6, 6.07) is 0. The molecule has 0 unspecified atom stereocenters. The summed E-state index contributed by atoms with van der Waals surface area (Å²) in [5.74, 6) is -1.10. The Labute approximate surface area is 122 Å². The molecule has 0 fully saturated rings. The highest BCUT2D eigenvalue weighted by Crippen LogP contribution is 2.36. The minimum absolute atomic E-state index is 0.0160. The Bertz CT molecular complexity index is 688. The van der Waals surface area contributed by atoms with Gasteiger partial charge in [0, 0.05) is 13.1 Å². The highest BCUT2D eigenvalue weighted by atomic mass is 32.1. The molecule has 0 bridgehead atoms. The summed E-state index contributed by atoms with van der Waals surface area (Å²) >= 11 is 0.332. The molecule has 0 atom stereocenters. The Balaban J connectivity index is 1.83. The predicted octanol–water partition coefficient (Wildman–Crippen LogP) is 2.19. The van der Waals surface area contributed by atoms with E-state index in [1.54, 1.807) is 0 Å². The van der Waals surface area contributed by atoms with E-state index in [0.29, 0.717) is 11.3 Å². The molecule has 3 rings (SSSR count). The van der Waals surface area contributed by atoms with Crippen LogP contribution in [0.3, 0.4) is 0 Å². The number of rotatable bonds is 1. The minimum atomic E-state index is -4.63. The molecule has 2 aromatic heterocycles. The van der Waals surface area contributed by atoms with Crippen molar-refractivity contribution in [3.63, 3.8) is 0 Å². The van der Waals surface area contributed by atoms with Crippen LogP contribution in [0.2, 0.25) is 0 Å². The lowest BCUT2D eigenvalue weighted by Crippen LogP contribution is -2.35. The molecule has 3 heterocycles. The number of hydrogen-bond donors (Lipinski definition) is 0. The number of anilines is 1. The smallest absolute Gasteiger partial charge is 0.337 e. The van der Waals surface area contributed by atoms with Crippen molar-refractivity contribution in [2.75, 3.05) is 11.4 Å². The third-order valence-electron chi connectivity index (χ3n) is 2.93. The van der Waals surface area contributed by atoms with Gasteiger partial charge < -0.3 is 9.47 Å². The highest BCUT2D eigenvalue weighted by Gasteiger charge is 2.40. The lowest BCUT2D eigenvalue weighted by molar-refractivity contribution is -0.147. The molecule has 120 valence electrons. The molecule has 0 aromatic carbocycles. The van der Waals surface area contributed by atoms with E-state index in [2.05, 4.69) is 20.4 Å². The quantitative estimate of drug-likeness (QED) is 0.742. The van der Waals surface area contributed by atoms with Gasteiger partial charge in [0.25, 0.3) is 0 Å². The van der Waals surface area contributed by atoms with Gasteiger partial charge in [-0.2, -0.15) is 26.3 Å². The van der Waals surface area contributed by atoms with Gasteiger partial charge in [-0.3, -0.25) is 0 Å². The number of aromatic nitrogens is 5. The van der Waals surface area contributed by atoms with Crippen LogP contribution in [0.5, 0.6) is 0 Å². The topological polar surface area (TPSA) is 59.7 Å². The maximum Gasteiger partial charge on any atom is 0.451 e. The van der Waals surface area contributed by atoms with Gasteiger partial charge in [-0.15, -0.1) is 20.4 Å². The molecule has 13 heteroatoms. The molecule has 1 aliphatic heterocycles. The van der Waals surface area contributed by atoms with Crippen LogP contribution >= 0.6 is 11.3 Å². The zero-order valence-electron chi connectivity index (χ0n) is 10.5. The summed E-state index contributed by atoms with van der Waals surface area (Å²) < 4.78 is 76.4. The van der Waals surface area contributed by atoms with Crippen LogP contribution in [-0.4, -0.2) is 31.5 Å². The molecule has 0 amide bonds. The van der Waals surface area contributed by atoms with Gasteiger partial charge >= 0.3 is 12.4 Å². The molecule has 0 saturated carbocycles. The molecule has 0 saturated heterocycles. The second-order valence-corrected chi connectivity index (χ2v) is 5.35. The third-order valence-corrected chi connectivity index (χ3v) is 3.96. The van der Waals surface area contributed by atoms with Crippen molar-refractivity contribution >= 4 is 16.5 Å². The molecular formula is C9H6F6N6S. The summed E-state index contributed by atoms with van der Waals surface area (Å²) in [6.45, 7) is -0.158. The summed E-state index contributed by atoms with van der Waals surface area (Å²) in [7, 11) is 0. The standard InChI is InChI=1S/C9H6F6N6S/c10-8(11,12)5-17-16-4-3-20(1-2-21(4)5)7-19-18-6(22-7)9(13,14)15/h1-3H2. The van der Waals surface area contributed by atoms with Gasteiger partial charge in [-0.25, -0.2) is 0 Å². The van der Waals surface area contributed by atoms with Crippen LogP contribution in [0.4, 0.5) is 31.5 Å². The first-order valence-electron chi connectivity index (χ1n) is 5.81. The zero-order valence-corrected chi connectivity index (χ0v) is 11.3. The summed E-state index contributed by atoms with van der Waals surface area (Å²) in [4.78, 5) is 1.39. The Morgan fingerprint density at radius 2 is 1.59 bits per heavy atom. The Hall–Kier alpha value is -1.92. The molecule has 0 spiro atoms. The Morgan fingerprint density at radius 3 is 2.18 bits per heavy atom. The second-order valence-electron chi connectivity index (χ2n) is 4.40. The monoisotopic (exact) mass is 344 g/mol. The normalized spacial score (nSPS) is 16.0. The van der Waals surface area contributed by atoms with Crippen LogP contribution < -0.4 is 4.90 Å². The number of alkyl halides is 6. The van der Waals surface area contributed by atoms with Crippen molar-refractivity contribution < 1.29 is 26.3 Å². The number of nitrogens with zero attached hydrogens (tertiary/aromatic N) is 6. The Kier molecular flexibility index (Phi) is 3.27. The van der Waals surface area contributed by atoms with Gasteiger partial charge in [-0.1, -0.05) is 11.3 Å². The van der Waals surface area contributed by atoms with E-state index in [0.717, 1.165) is 4.57 Å². The van der Waals surface area contributed by atoms with Crippen molar-refractivity contribution in [1.29, 1.82) is 0 Å². The largest absolute Gasteiger partial charge is 0.451 e. The van der Waals surface area contributed by atoms with Gasteiger partial charge in [0.1, 0.15) is 0 Å². The van der Waals surface area contributed by atoms with Gasteiger partial charge in [0.2, 0.25) is 16.0 Å². The zero-order chi connectivity index (χ0) is 16.1. The SMILES string of the molecule is FC(F)(F)c1nnc(N2CCn3c(nnc3C(F)(F)F)C2)s1. The van der Waals surface area contributed by atoms with E-state index in [4.69, 9.17) is 0 Å². The van der Waals surface area contributed by atoms with Crippen LogP contribution in [0, 0.1) is 0 Å². The molecule has 6 nitrogen and oxygen atoms in total. The minimum Gasteiger partial charge on any atom is -0.337 e. The van der Waals surface area contributed by atoms with E-state index >= 15 is 0 Å². The van der Waals surface area contributed by atoms with Gasteiger partial charge in [0.05, 0.1) is 6.54 Å². The fourth-order valence-corrected chi connectivity index (χ4v) is 2.73. The summed E-state index contributed by atoms with van der Waals surface area (Å²) in [5, 5.41) is 11.9. The molecule has 0 aliphatic carbocycles. The highest BCUT2D eigenvalue weighted by molar-refractivity contribution is 7.15. The number of fused-ring (bicyclic) bond motifs is 1. The molecule has 0 radical (unpaired) electrons. The maximum absolute atomic E-state index is 12.7. The van der Waals surface area contributed by atoms with Crippen LogP contribution in [-0.2, 0) is 25.4 Å². The van der Waals surface area contributed by atoms with E-state index in [-0.39, 0.29) is 30.6 Å². The van der Waals surface area contributed by atoms with Crippen LogP contribution in [0.15, 0.2) is 0 Å². The fourth-order valence-electron chi connectivity index (χ4n) is 1.99. The number of hydrogen-bond acceptors (Lipinski definition) is 6. The average Bonchev–Trinajstić information content (AvgIpc) is 3.03.